The molecule has 0 unspecified atom stereocenters. The number of rotatable bonds is 3. The van der Waals surface area contributed by atoms with Crippen molar-refractivity contribution in [3.05, 3.63) is 35.4 Å². The number of carbonyl (C=O) groups is 3. The SMILES string of the molecule is COC(=O)[C@H]1[C@@H](CC(C)=O)C=C[C@H](O)[C@@]12Oc1cc(C)cc(O)c1C2=O. The van der Waals surface area contributed by atoms with Crippen molar-refractivity contribution >= 4 is 17.5 Å². The maximum atomic E-state index is 13.2. The monoisotopic (exact) mass is 360 g/mol. The van der Waals surface area contributed by atoms with Crippen LogP contribution in [0.25, 0.3) is 0 Å². The zero-order chi connectivity index (χ0) is 19.2. The first-order chi connectivity index (χ1) is 12.2. The molecule has 138 valence electrons. The molecule has 0 bridgehead atoms. The molecule has 1 heterocycles. The summed E-state index contributed by atoms with van der Waals surface area (Å²) in [4.78, 5) is 37.4. The molecule has 0 aromatic heterocycles. The summed E-state index contributed by atoms with van der Waals surface area (Å²) in [5, 5.41) is 20.8. The first kappa shape index (κ1) is 18.1. The normalized spacial score (nSPS) is 29.4. The van der Waals surface area contributed by atoms with Gasteiger partial charge in [0.1, 0.15) is 34.9 Å². The van der Waals surface area contributed by atoms with Crippen molar-refractivity contribution in [1.29, 1.82) is 0 Å². The number of esters is 1. The van der Waals surface area contributed by atoms with E-state index in [-0.39, 0.29) is 29.3 Å². The van der Waals surface area contributed by atoms with Gasteiger partial charge < -0.3 is 24.5 Å². The van der Waals surface area contributed by atoms with E-state index in [9.17, 15) is 24.6 Å². The van der Waals surface area contributed by atoms with Gasteiger partial charge in [-0.05, 0) is 31.5 Å². The molecule has 7 heteroatoms. The maximum absolute atomic E-state index is 13.2. The van der Waals surface area contributed by atoms with Gasteiger partial charge in [0, 0.05) is 12.3 Å². The van der Waals surface area contributed by atoms with Gasteiger partial charge in [-0.3, -0.25) is 9.59 Å². The van der Waals surface area contributed by atoms with Gasteiger partial charge in [0.05, 0.1) is 7.11 Å². The number of carbonyl (C=O) groups excluding carboxylic acids is 3. The zero-order valence-electron chi connectivity index (χ0n) is 14.7. The van der Waals surface area contributed by atoms with Crippen LogP contribution in [0.3, 0.4) is 0 Å². The molecule has 4 atom stereocenters. The number of benzene rings is 1. The van der Waals surface area contributed by atoms with Crippen molar-refractivity contribution < 1.29 is 34.1 Å². The smallest absolute Gasteiger partial charge is 0.313 e. The van der Waals surface area contributed by atoms with Crippen LogP contribution in [0.15, 0.2) is 24.3 Å². The quantitative estimate of drug-likeness (QED) is 0.618. The number of Topliss-reactive ketones (excluding diaryl/α,β-unsaturated/α-hetero) is 2. The number of fused-ring (bicyclic) bond motifs is 1. The number of allylic oxidation sites excluding steroid dienone is 1. The molecule has 2 aliphatic rings. The molecular weight excluding hydrogens is 340 g/mol. The van der Waals surface area contributed by atoms with Gasteiger partial charge in [-0.2, -0.15) is 0 Å². The van der Waals surface area contributed by atoms with Gasteiger partial charge >= 0.3 is 5.97 Å². The Bertz CT molecular complexity index is 825. The lowest BCUT2D eigenvalue weighted by molar-refractivity contribution is -0.159. The molecule has 1 aliphatic heterocycles. The van der Waals surface area contributed by atoms with E-state index in [4.69, 9.17) is 9.47 Å². The van der Waals surface area contributed by atoms with Crippen molar-refractivity contribution in [3.63, 3.8) is 0 Å². The van der Waals surface area contributed by atoms with Crippen molar-refractivity contribution in [1.82, 2.24) is 0 Å². The lowest BCUT2D eigenvalue weighted by Gasteiger charge is -2.41. The van der Waals surface area contributed by atoms with Crippen LogP contribution in [-0.2, 0) is 14.3 Å². The Balaban J connectivity index is 2.18. The lowest BCUT2D eigenvalue weighted by Crippen LogP contribution is -2.62. The van der Waals surface area contributed by atoms with E-state index in [1.165, 1.54) is 32.3 Å². The summed E-state index contributed by atoms with van der Waals surface area (Å²) in [7, 11) is 1.17. The highest BCUT2D eigenvalue weighted by Gasteiger charge is 2.64. The number of aliphatic hydroxyl groups excluding tert-OH is 1. The summed E-state index contributed by atoms with van der Waals surface area (Å²) in [6, 6.07) is 2.96. The highest BCUT2D eigenvalue weighted by Crippen LogP contribution is 2.50. The summed E-state index contributed by atoms with van der Waals surface area (Å²) in [6.07, 6.45) is 1.43. The molecule has 7 nitrogen and oxygen atoms in total. The van der Waals surface area contributed by atoms with Gasteiger partial charge in [-0.25, -0.2) is 0 Å². The number of methoxy groups -OCH3 is 1. The minimum Gasteiger partial charge on any atom is -0.507 e. The number of phenols is 1. The van der Waals surface area contributed by atoms with Gasteiger partial charge in [0.2, 0.25) is 11.4 Å². The number of ketones is 2. The number of ether oxygens (including phenoxy) is 2. The van der Waals surface area contributed by atoms with Crippen molar-refractivity contribution in [2.45, 2.75) is 32.0 Å². The summed E-state index contributed by atoms with van der Waals surface area (Å²) >= 11 is 0. The van der Waals surface area contributed by atoms with E-state index in [0.717, 1.165) is 0 Å². The largest absolute Gasteiger partial charge is 0.507 e. The van der Waals surface area contributed by atoms with E-state index in [0.29, 0.717) is 5.56 Å². The molecule has 1 aromatic carbocycles. The maximum Gasteiger partial charge on any atom is 0.313 e. The Labute approximate surface area is 150 Å². The Hall–Kier alpha value is -2.67. The topological polar surface area (TPSA) is 110 Å². The lowest BCUT2D eigenvalue weighted by atomic mass is 9.67. The van der Waals surface area contributed by atoms with Gasteiger partial charge in [-0.1, -0.05) is 12.2 Å². The Morgan fingerprint density at radius 3 is 2.62 bits per heavy atom. The third-order valence-electron chi connectivity index (χ3n) is 4.93. The minimum absolute atomic E-state index is 0.0112. The van der Waals surface area contributed by atoms with E-state index in [1.54, 1.807) is 13.0 Å². The molecule has 0 radical (unpaired) electrons. The molecule has 2 N–H and O–H groups in total. The molecule has 26 heavy (non-hydrogen) atoms. The van der Waals surface area contributed by atoms with Gasteiger partial charge in [-0.15, -0.1) is 0 Å². The number of phenolic OH excluding ortho intramolecular Hbond substituents is 1. The van der Waals surface area contributed by atoms with Crippen molar-refractivity contribution in [2.24, 2.45) is 11.8 Å². The van der Waals surface area contributed by atoms with Crippen LogP contribution in [-0.4, -0.2) is 46.6 Å². The summed E-state index contributed by atoms with van der Waals surface area (Å²) in [5.74, 6) is -3.74. The third-order valence-corrected chi connectivity index (χ3v) is 4.93. The summed E-state index contributed by atoms with van der Waals surface area (Å²) in [6.45, 7) is 3.09. The molecule has 3 rings (SSSR count). The number of aliphatic hydroxyl groups is 1. The fourth-order valence-electron chi connectivity index (χ4n) is 3.87. The first-order valence-corrected chi connectivity index (χ1v) is 8.23. The fraction of sp³-hybridized carbons (Fsp3) is 0.421. The molecule has 1 spiro atoms. The van der Waals surface area contributed by atoms with Crippen LogP contribution in [0.5, 0.6) is 11.5 Å². The molecule has 0 saturated heterocycles. The summed E-state index contributed by atoms with van der Waals surface area (Å²) in [5.41, 5.74) is -1.41. The predicted molar refractivity (Wildman–Crippen MR) is 90.0 cm³/mol. The van der Waals surface area contributed by atoms with Gasteiger partial charge in [0.25, 0.3) is 0 Å². The second-order valence-electron chi connectivity index (χ2n) is 6.78. The van der Waals surface area contributed by atoms with Crippen molar-refractivity contribution in [3.8, 4) is 11.5 Å². The predicted octanol–water partition coefficient (Wildman–Crippen LogP) is 1.33. The summed E-state index contributed by atoms with van der Waals surface area (Å²) < 4.78 is 10.7. The highest BCUT2D eigenvalue weighted by molar-refractivity contribution is 6.12. The van der Waals surface area contributed by atoms with E-state index < -0.39 is 35.3 Å². The van der Waals surface area contributed by atoms with Crippen molar-refractivity contribution in [2.75, 3.05) is 7.11 Å². The molecule has 0 amide bonds. The number of aryl methyl sites for hydroxylation is 1. The average molecular weight is 360 g/mol. The molecule has 0 fully saturated rings. The van der Waals surface area contributed by atoms with Crippen LogP contribution in [0.2, 0.25) is 0 Å². The van der Waals surface area contributed by atoms with Crippen LogP contribution >= 0.6 is 0 Å². The third kappa shape index (κ3) is 2.50. The highest BCUT2D eigenvalue weighted by atomic mass is 16.5. The first-order valence-electron chi connectivity index (χ1n) is 8.23. The van der Waals surface area contributed by atoms with Crippen LogP contribution in [0.1, 0.15) is 29.3 Å². The number of hydrogen-bond acceptors (Lipinski definition) is 7. The van der Waals surface area contributed by atoms with E-state index in [2.05, 4.69) is 0 Å². The standard InChI is InChI=1S/C19H20O7/c1-9-6-12(21)15-13(7-9)26-19(17(15)23)14(22)5-4-11(8-10(2)20)16(19)18(24)25-3/h4-7,11,14,16,21-22H,8H2,1-3H3/t11-,14+,16-,19-/m1/s1. The van der Waals surface area contributed by atoms with E-state index >= 15 is 0 Å². The average Bonchev–Trinajstić information content (AvgIpc) is 2.83. The number of hydrogen-bond donors (Lipinski definition) is 2. The second-order valence-corrected chi connectivity index (χ2v) is 6.78. The second kappa shape index (κ2) is 6.25. The Kier molecular flexibility index (Phi) is 4.36. The molecule has 0 saturated carbocycles. The number of aromatic hydroxyl groups is 1. The minimum atomic E-state index is -1.98. The van der Waals surface area contributed by atoms with Crippen LogP contribution in [0.4, 0.5) is 0 Å². The molecular formula is C19H20O7. The molecule has 1 aliphatic carbocycles. The van der Waals surface area contributed by atoms with Crippen LogP contribution < -0.4 is 4.74 Å². The fourth-order valence-corrected chi connectivity index (χ4v) is 3.87. The Morgan fingerprint density at radius 2 is 2.00 bits per heavy atom. The zero-order valence-corrected chi connectivity index (χ0v) is 14.7. The van der Waals surface area contributed by atoms with Gasteiger partial charge in [0.15, 0.2) is 0 Å². The van der Waals surface area contributed by atoms with Crippen LogP contribution in [0, 0.1) is 18.8 Å². The van der Waals surface area contributed by atoms with E-state index in [1.807, 2.05) is 0 Å². The Morgan fingerprint density at radius 1 is 1.31 bits per heavy atom. The molecule has 1 aromatic rings.